The van der Waals surface area contributed by atoms with Gasteiger partial charge in [-0.3, -0.25) is 9.36 Å². The van der Waals surface area contributed by atoms with Crippen molar-refractivity contribution in [2.45, 2.75) is 13.5 Å². The Kier molecular flexibility index (Phi) is 5.14. The van der Waals surface area contributed by atoms with Gasteiger partial charge in [-0.25, -0.2) is 15.0 Å². The van der Waals surface area contributed by atoms with Crippen molar-refractivity contribution in [2.24, 2.45) is 0 Å². The number of aryl methyl sites for hydroxylation is 1. The quantitative estimate of drug-likeness (QED) is 0.359. The van der Waals surface area contributed by atoms with Crippen LogP contribution in [0.5, 0.6) is 11.5 Å². The summed E-state index contributed by atoms with van der Waals surface area (Å²) in [5.41, 5.74) is 4.59. The second-order valence-corrected chi connectivity index (χ2v) is 8.49. The van der Waals surface area contributed by atoms with E-state index in [4.69, 9.17) is 24.4 Å². The Bertz CT molecular complexity index is 1820. The number of fused-ring (bicyclic) bond motifs is 4. The molecular weight excluding hydrogens is 454 g/mol. The van der Waals surface area contributed by atoms with Crippen molar-refractivity contribution in [3.05, 3.63) is 94.5 Å². The number of nitrogens with zero attached hydrogens (tertiary/aromatic N) is 5. The zero-order valence-corrected chi connectivity index (χ0v) is 20.1. The summed E-state index contributed by atoms with van der Waals surface area (Å²) in [6, 6.07) is 22.9. The average molecular weight is 478 g/mol. The van der Waals surface area contributed by atoms with Crippen molar-refractivity contribution in [3.8, 4) is 17.2 Å². The SMILES string of the molecule is COc1ccc(Cn2c3nc4ccccc4nc3c3c(=O)n(-c4ccccc4OC)c(C)nc32)cc1. The fourth-order valence-electron chi connectivity index (χ4n) is 4.62. The van der Waals surface area contributed by atoms with Gasteiger partial charge in [0.25, 0.3) is 5.56 Å². The third-order valence-corrected chi connectivity index (χ3v) is 6.36. The zero-order valence-electron chi connectivity index (χ0n) is 20.1. The van der Waals surface area contributed by atoms with E-state index in [0.717, 1.165) is 22.3 Å². The molecule has 0 aliphatic carbocycles. The van der Waals surface area contributed by atoms with Gasteiger partial charge >= 0.3 is 0 Å². The van der Waals surface area contributed by atoms with Crippen molar-refractivity contribution in [3.63, 3.8) is 0 Å². The van der Waals surface area contributed by atoms with E-state index in [-0.39, 0.29) is 5.56 Å². The van der Waals surface area contributed by atoms with Crippen LogP contribution in [-0.4, -0.2) is 38.3 Å². The molecule has 0 aliphatic heterocycles. The van der Waals surface area contributed by atoms with Gasteiger partial charge in [0, 0.05) is 0 Å². The number of rotatable bonds is 5. The van der Waals surface area contributed by atoms with Crippen LogP contribution in [0.25, 0.3) is 38.9 Å². The van der Waals surface area contributed by atoms with Crippen LogP contribution < -0.4 is 15.0 Å². The summed E-state index contributed by atoms with van der Waals surface area (Å²) < 4.78 is 14.4. The summed E-state index contributed by atoms with van der Waals surface area (Å²) in [5, 5.41) is 0.424. The van der Waals surface area contributed by atoms with Crippen molar-refractivity contribution >= 4 is 33.2 Å². The molecule has 178 valence electrons. The highest BCUT2D eigenvalue weighted by atomic mass is 16.5. The highest BCUT2D eigenvalue weighted by molar-refractivity contribution is 6.04. The predicted molar refractivity (Wildman–Crippen MR) is 139 cm³/mol. The topological polar surface area (TPSA) is 84.1 Å². The highest BCUT2D eigenvalue weighted by Crippen LogP contribution is 2.29. The van der Waals surface area contributed by atoms with Crippen LogP contribution in [0, 0.1) is 6.92 Å². The Labute approximate surface area is 206 Å². The Morgan fingerprint density at radius 1 is 0.778 bits per heavy atom. The van der Waals surface area contributed by atoms with Gasteiger partial charge in [-0.05, 0) is 48.9 Å². The molecule has 0 unspecified atom stereocenters. The molecule has 0 radical (unpaired) electrons. The monoisotopic (exact) mass is 477 g/mol. The van der Waals surface area contributed by atoms with Crippen molar-refractivity contribution in [1.82, 2.24) is 24.1 Å². The molecule has 36 heavy (non-hydrogen) atoms. The lowest BCUT2D eigenvalue weighted by Crippen LogP contribution is -2.23. The number of benzene rings is 3. The Morgan fingerprint density at radius 2 is 1.47 bits per heavy atom. The van der Waals surface area contributed by atoms with Crippen LogP contribution >= 0.6 is 0 Å². The largest absolute Gasteiger partial charge is 0.497 e. The van der Waals surface area contributed by atoms with Crippen LogP contribution in [0.3, 0.4) is 0 Å². The molecule has 0 spiro atoms. The first kappa shape index (κ1) is 21.8. The van der Waals surface area contributed by atoms with Gasteiger partial charge in [-0.15, -0.1) is 0 Å². The lowest BCUT2D eigenvalue weighted by molar-refractivity contribution is 0.412. The van der Waals surface area contributed by atoms with Gasteiger partial charge in [0.15, 0.2) is 11.3 Å². The van der Waals surface area contributed by atoms with Crippen molar-refractivity contribution in [1.29, 1.82) is 0 Å². The fraction of sp³-hybridized carbons (Fsp3) is 0.143. The molecule has 6 rings (SSSR count). The van der Waals surface area contributed by atoms with Crippen molar-refractivity contribution in [2.75, 3.05) is 14.2 Å². The van der Waals surface area contributed by atoms with E-state index >= 15 is 0 Å². The summed E-state index contributed by atoms with van der Waals surface area (Å²) >= 11 is 0. The lowest BCUT2D eigenvalue weighted by atomic mass is 10.2. The molecule has 0 saturated carbocycles. The van der Waals surface area contributed by atoms with Crippen LogP contribution in [0.2, 0.25) is 0 Å². The normalized spacial score (nSPS) is 11.4. The zero-order chi connectivity index (χ0) is 24.8. The van der Waals surface area contributed by atoms with Gasteiger partial charge in [-0.2, -0.15) is 0 Å². The maximum absolute atomic E-state index is 14.1. The number of methoxy groups -OCH3 is 2. The third kappa shape index (κ3) is 3.38. The van der Waals surface area contributed by atoms with Gasteiger partial charge < -0.3 is 14.0 Å². The summed E-state index contributed by atoms with van der Waals surface area (Å²) in [6.45, 7) is 2.29. The maximum Gasteiger partial charge on any atom is 0.270 e. The maximum atomic E-state index is 14.1. The summed E-state index contributed by atoms with van der Waals surface area (Å²) in [5.74, 6) is 1.91. The number of para-hydroxylation sites is 4. The summed E-state index contributed by atoms with van der Waals surface area (Å²) in [4.78, 5) is 28.8. The molecule has 0 atom stereocenters. The molecule has 6 aromatic rings. The number of aromatic nitrogens is 5. The summed E-state index contributed by atoms with van der Waals surface area (Å²) in [7, 11) is 3.23. The lowest BCUT2D eigenvalue weighted by Gasteiger charge is -2.14. The van der Waals surface area contributed by atoms with E-state index in [1.165, 1.54) is 0 Å². The van der Waals surface area contributed by atoms with E-state index in [1.54, 1.807) is 18.8 Å². The first-order valence-electron chi connectivity index (χ1n) is 11.5. The number of ether oxygens (including phenoxy) is 2. The highest BCUT2D eigenvalue weighted by Gasteiger charge is 2.23. The smallest absolute Gasteiger partial charge is 0.270 e. The minimum atomic E-state index is -0.218. The first-order valence-corrected chi connectivity index (χ1v) is 11.5. The molecule has 8 heteroatoms. The van der Waals surface area contributed by atoms with Crippen LogP contribution in [0.4, 0.5) is 0 Å². The van der Waals surface area contributed by atoms with E-state index < -0.39 is 0 Å². The second-order valence-electron chi connectivity index (χ2n) is 8.49. The molecular formula is C28H23N5O3. The van der Waals surface area contributed by atoms with Crippen LogP contribution in [0.1, 0.15) is 11.4 Å². The first-order chi connectivity index (χ1) is 17.6. The van der Waals surface area contributed by atoms with Gasteiger partial charge in [0.1, 0.15) is 28.2 Å². The minimum Gasteiger partial charge on any atom is -0.497 e. The Hall–Kier alpha value is -4.72. The third-order valence-electron chi connectivity index (χ3n) is 6.36. The van der Waals surface area contributed by atoms with Crippen LogP contribution in [-0.2, 0) is 6.54 Å². The number of hydrogen-bond donors (Lipinski definition) is 0. The average Bonchev–Trinajstić information content (AvgIpc) is 3.20. The molecule has 3 aromatic carbocycles. The van der Waals surface area contributed by atoms with E-state index in [2.05, 4.69) is 0 Å². The van der Waals surface area contributed by atoms with E-state index in [0.29, 0.717) is 46.0 Å². The molecule has 3 heterocycles. The molecule has 0 amide bonds. The molecule has 0 N–H and O–H groups in total. The fourth-order valence-corrected chi connectivity index (χ4v) is 4.62. The standard InChI is InChI=1S/C28H23N5O3/c1-17-29-26-24(28(34)33(17)22-10-6-7-11-23(22)36-3)25-27(31-21-9-5-4-8-20(21)30-25)32(26)16-18-12-14-19(35-2)15-13-18/h4-15H,16H2,1-3H3. The van der Waals surface area contributed by atoms with Gasteiger partial charge in [-0.1, -0.05) is 36.4 Å². The molecule has 8 nitrogen and oxygen atoms in total. The summed E-state index contributed by atoms with van der Waals surface area (Å²) in [6.07, 6.45) is 0. The molecule has 0 saturated heterocycles. The number of hydrogen-bond acceptors (Lipinski definition) is 6. The van der Waals surface area contributed by atoms with E-state index in [9.17, 15) is 4.79 Å². The predicted octanol–water partition coefficient (Wildman–Crippen LogP) is 4.66. The van der Waals surface area contributed by atoms with Gasteiger partial charge in [0.2, 0.25) is 0 Å². The molecule has 0 fully saturated rings. The Balaban J connectivity index is 1.69. The molecule has 0 aliphatic rings. The second kappa shape index (κ2) is 8.49. The van der Waals surface area contributed by atoms with Crippen molar-refractivity contribution < 1.29 is 9.47 Å². The van der Waals surface area contributed by atoms with E-state index in [1.807, 2.05) is 84.3 Å². The molecule has 0 bridgehead atoms. The molecule has 3 aromatic heterocycles. The minimum absolute atomic E-state index is 0.218. The Morgan fingerprint density at radius 3 is 2.19 bits per heavy atom. The van der Waals surface area contributed by atoms with Crippen LogP contribution in [0.15, 0.2) is 77.6 Å². The van der Waals surface area contributed by atoms with Gasteiger partial charge in [0.05, 0.1) is 37.5 Å².